The first-order valence-corrected chi connectivity index (χ1v) is 8.61. The van der Waals surface area contributed by atoms with E-state index in [1.165, 1.54) is 0 Å². The Bertz CT molecular complexity index is 916. The third-order valence-electron chi connectivity index (χ3n) is 4.32. The number of nitrogens with zero attached hydrogens (tertiary/aromatic N) is 1. The molecule has 1 N–H and O–H groups in total. The van der Waals surface area contributed by atoms with E-state index in [9.17, 15) is 4.79 Å². The summed E-state index contributed by atoms with van der Waals surface area (Å²) in [4.78, 5) is 18.3. The Morgan fingerprint density at radius 1 is 1.12 bits per heavy atom. The first-order chi connectivity index (χ1) is 11.6. The Morgan fingerprint density at radius 3 is 2.67 bits per heavy atom. The number of likely N-dealkylation sites (N-methyl/N-ethyl adjacent to an activating group) is 1. The van der Waals surface area contributed by atoms with Crippen LogP contribution >= 0.6 is 11.6 Å². The molecule has 4 nitrogen and oxygen atoms in total. The number of fused-ring (bicyclic) bond motifs is 2. The van der Waals surface area contributed by atoms with Gasteiger partial charge in [-0.3, -0.25) is 4.79 Å². The molecule has 1 aromatic heterocycles. The number of H-pyrrole nitrogens is 1. The average Bonchev–Trinajstić information content (AvgIpc) is 2.59. The van der Waals surface area contributed by atoms with E-state index in [0.717, 1.165) is 30.7 Å². The molecule has 5 heteroatoms. The van der Waals surface area contributed by atoms with Gasteiger partial charge in [-0.25, -0.2) is 0 Å². The van der Waals surface area contributed by atoms with E-state index in [0.29, 0.717) is 28.2 Å². The van der Waals surface area contributed by atoms with Gasteiger partial charge in [0.15, 0.2) is 5.43 Å². The fraction of sp³-hybridized carbons (Fsp3) is 0.316. The van der Waals surface area contributed by atoms with Crippen LogP contribution in [-0.2, 0) is 0 Å². The molecule has 126 valence electrons. The van der Waals surface area contributed by atoms with Crippen LogP contribution in [0.4, 0.5) is 0 Å². The largest absolute Gasteiger partial charge is 0.490 e. The minimum Gasteiger partial charge on any atom is -0.490 e. The monoisotopic (exact) mass is 344 g/mol. The number of pyridine rings is 1. The topological polar surface area (TPSA) is 45.3 Å². The molecule has 0 atom stereocenters. The highest BCUT2D eigenvalue weighted by Crippen LogP contribution is 2.25. The van der Waals surface area contributed by atoms with Gasteiger partial charge in [-0.05, 0) is 43.4 Å². The summed E-state index contributed by atoms with van der Waals surface area (Å²) >= 11 is 6.05. The fourth-order valence-corrected chi connectivity index (χ4v) is 3.06. The zero-order chi connectivity index (χ0) is 17.1. The summed E-state index contributed by atoms with van der Waals surface area (Å²) in [6.45, 7) is 7.69. The first kappa shape index (κ1) is 16.8. The third kappa shape index (κ3) is 3.25. The second-order valence-corrected chi connectivity index (χ2v) is 6.13. The van der Waals surface area contributed by atoms with Gasteiger partial charge in [0.25, 0.3) is 0 Å². The number of hydrogen-bond acceptors (Lipinski definition) is 3. The van der Waals surface area contributed by atoms with E-state index < -0.39 is 0 Å². The van der Waals surface area contributed by atoms with Crippen molar-refractivity contribution >= 4 is 33.4 Å². The van der Waals surface area contributed by atoms with Crippen LogP contribution in [0.1, 0.15) is 13.8 Å². The summed E-state index contributed by atoms with van der Waals surface area (Å²) in [5, 5.41) is 1.86. The number of benzene rings is 2. The van der Waals surface area contributed by atoms with Crippen LogP contribution in [-0.4, -0.2) is 36.1 Å². The Hall–Kier alpha value is -2.04. The van der Waals surface area contributed by atoms with Crippen molar-refractivity contribution in [2.75, 3.05) is 26.2 Å². The van der Waals surface area contributed by atoms with Gasteiger partial charge in [0, 0.05) is 22.3 Å². The lowest BCUT2D eigenvalue weighted by Gasteiger charge is -2.18. The van der Waals surface area contributed by atoms with Gasteiger partial charge in [0.2, 0.25) is 0 Å². The quantitative estimate of drug-likeness (QED) is 0.686. The van der Waals surface area contributed by atoms with Crippen molar-refractivity contribution in [3.05, 3.63) is 51.6 Å². The normalized spacial score (nSPS) is 11.5. The summed E-state index contributed by atoms with van der Waals surface area (Å²) in [7, 11) is 0. The molecule has 24 heavy (non-hydrogen) atoms. The van der Waals surface area contributed by atoms with Gasteiger partial charge in [-0.2, -0.15) is 0 Å². The molecule has 2 aromatic carbocycles. The lowest BCUT2D eigenvalue weighted by molar-refractivity contribution is 0.224. The lowest BCUT2D eigenvalue weighted by atomic mass is 10.1. The average molecular weight is 345 g/mol. The van der Waals surface area contributed by atoms with Crippen molar-refractivity contribution in [3.8, 4) is 5.75 Å². The second kappa shape index (κ2) is 7.24. The smallest absolute Gasteiger partial charge is 0.197 e. The standard InChI is InChI=1S/C19H21ClN2O2/c1-3-22(4-2)10-11-24-17-7-5-6-15-18(17)21-16-12-13(20)8-9-14(16)19(15)23/h5-9,12H,3-4,10-11H2,1-2H3,(H,21,23). The molecule has 3 aromatic rings. The number of para-hydroxylation sites is 1. The predicted octanol–water partition coefficient (Wildman–Crippen LogP) is 4.06. The lowest BCUT2D eigenvalue weighted by Crippen LogP contribution is -2.28. The Kier molecular flexibility index (Phi) is 5.07. The highest BCUT2D eigenvalue weighted by molar-refractivity contribution is 6.31. The van der Waals surface area contributed by atoms with Crippen LogP contribution in [0.15, 0.2) is 41.2 Å². The molecular weight excluding hydrogens is 324 g/mol. The second-order valence-electron chi connectivity index (χ2n) is 5.70. The van der Waals surface area contributed by atoms with Crippen LogP contribution < -0.4 is 10.2 Å². The molecule has 0 bridgehead atoms. The third-order valence-corrected chi connectivity index (χ3v) is 4.55. The highest BCUT2D eigenvalue weighted by atomic mass is 35.5. The molecule has 3 rings (SSSR count). The molecule has 0 amide bonds. The number of aromatic nitrogens is 1. The Morgan fingerprint density at radius 2 is 1.92 bits per heavy atom. The summed E-state index contributed by atoms with van der Waals surface area (Å²) in [5.74, 6) is 0.693. The van der Waals surface area contributed by atoms with Crippen LogP contribution in [0.2, 0.25) is 5.02 Å². The van der Waals surface area contributed by atoms with Crippen molar-refractivity contribution in [1.82, 2.24) is 9.88 Å². The van der Waals surface area contributed by atoms with Crippen molar-refractivity contribution in [2.24, 2.45) is 0 Å². The molecule has 0 saturated carbocycles. The molecule has 0 radical (unpaired) electrons. The van der Waals surface area contributed by atoms with E-state index in [1.807, 2.05) is 18.2 Å². The van der Waals surface area contributed by atoms with Crippen molar-refractivity contribution in [2.45, 2.75) is 13.8 Å². The van der Waals surface area contributed by atoms with Gasteiger partial charge in [-0.1, -0.05) is 31.5 Å². The van der Waals surface area contributed by atoms with Gasteiger partial charge in [-0.15, -0.1) is 0 Å². The zero-order valence-electron chi connectivity index (χ0n) is 13.9. The summed E-state index contributed by atoms with van der Waals surface area (Å²) in [6.07, 6.45) is 0. The maximum absolute atomic E-state index is 12.7. The van der Waals surface area contributed by atoms with E-state index in [1.54, 1.807) is 18.2 Å². The number of halogens is 1. The maximum Gasteiger partial charge on any atom is 0.197 e. The summed E-state index contributed by atoms with van der Waals surface area (Å²) in [6, 6.07) is 10.8. The van der Waals surface area contributed by atoms with Gasteiger partial charge >= 0.3 is 0 Å². The van der Waals surface area contributed by atoms with Crippen LogP contribution in [0.5, 0.6) is 5.75 Å². The van der Waals surface area contributed by atoms with Crippen LogP contribution in [0.3, 0.4) is 0 Å². The number of aromatic amines is 1. The Balaban J connectivity index is 2.00. The van der Waals surface area contributed by atoms with Crippen LogP contribution in [0, 0.1) is 0 Å². The SMILES string of the molecule is CCN(CC)CCOc1cccc2c(=O)c3ccc(Cl)cc3[nH]c12. The highest BCUT2D eigenvalue weighted by Gasteiger charge is 2.10. The fourth-order valence-electron chi connectivity index (χ4n) is 2.89. The van der Waals surface area contributed by atoms with Gasteiger partial charge in [0.1, 0.15) is 12.4 Å². The van der Waals surface area contributed by atoms with Crippen molar-refractivity contribution in [1.29, 1.82) is 0 Å². The number of nitrogens with one attached hydrogen (secondary N) is 1. The Labute approximate surface area is 146 Å². The van der Waals surface area contributed by atoms with Gasteiger partial charge in [0.05, 0.1) is 11.0 Å². The number of rotatable bonds is 6. The molecule has 0 aliphatic rings. The van der Waals surface area contributed by atoms with Gasteiger partial charge < -0.3 is 14.6 Å². The number of ether oxygens (including phenoxy) is 1. The van der Waals surface area contributed by atoms with Crippen molar-refractivity contribution < 1.29 is 4.74 Å². The molecule has 0 aliphatic carbocycles. The molecule has 0 aliphatic heterocycles. The van der Waals surface area contributed by atoms with E-state index in [-0.39, 0.29) is 5.43 Å². The molecule has 0 spiro atoms. The summed E-state index contributed by atoms with van der Waals surface area (Å²) < 4.78 is 5.94. The predicted molar refractivity (Wildman–Crippen MR) is 100 cm³/mol. The minimum absolute atomic E-state index is 0.00962. The van der Waals surface area contributed by atoms with Crippen LogP contribution in [0.25, 0.3) is 21.8 Å². The summed E-state index contributed by atoms with van der Waals surface area (Å²) in [5.41, 5.74) is 1.43. The first-order valence-electron chi connectivity index (χ1n) is 8.23. The zero-order valence-corrected chi connectivity index (χ0v) is 14.7. The molecule has 1 heterocycles. The molecule has 0 saturated heterocycles. The van der Waals surface area contributed by atoms with E-state index >= 15 is 0 Å². The van der Waals surface area contributed by atoms with Crippen molar-refractivity contribution in [3.63, 3.8) is 0 Å². The minimum atomic E-state index is -0.00962. The molecule has 0 fully saturated rings. The maximum atomic E-state index is 12.7. The molecule has 0 unspecified atom stereocenters. The van der Waals surface area contributed by atoms with E-state index in [2.05, 4.69) is 23.7 Å². The molecular formula is C19H21ClN2O2. The number of hydrogen-bond donors (Lipinski definition) is 1. The van der Waals surface area contributed by atoms with E-state index in [4.69, 9.17) is 16.3 Å².